The van der Waals surface area contributed by atoms with Crippen molar-refractivity contribution in [3.8, 4) is 5.75 Å². The molecule has 132 valence electrons. The minimum Gasteiger partial charge on any atom is -0.404 e. The van der Waals surface area contributed by atoms with Crippen LogP contribution in [0.1, 0.15) is 18.1 Å². The summed E-state index contributed by atoms with van der Waals surface area (Å²) in [4.78, 5) is 10.1. The second-order valence-corrected chi connectivity index (χ2v) is 7.15. The maximum atomic E-state index is 14.0. The molecule has 1 heterocycles. The largest absolute Gasteiger partial charge is 0.530 e. The van der Waals surface area contributed by atoms with Crippen LogP contribution in [0.4, 0.5) is 10.1 Å². The van der Waals surface area contributed by atoms with Gasteiger partial charge in [-0.25, -0.2) is 8.96 Å². The lowest BCUT2D eigenvalue weighted by molar-refractivity contribution is -0.384. The fourth-order valence-corrected chi connectivity index (χ4v) is 3.85. The van der Waals surface area contributed by atoms with Crippen molar-refractivity contribution in [3.63, 3.8) is 0 Å². The molecule has 0 radical (unpaired) electrons. The number of rotatable bonds is 4. The summed E-state index contributed by atoms with van der Waals surface area (Å²) >= 11 is 5.72. The van der Waals surface area contributed by atoms with E-state index >= 15 is 0 Å². The molecule has 10 heteroatoms. The van der Waals surface area contributed by atoms with Crippen LogP contribution in [-0.4, -0.2) is 11.5 Å². The second-order valence-electron chi connectivity index (χ2n) is 5.17. The predicted octanol–water partition coefficient (Wildman–Crippen LogP) is 5.05. The van der Waals surface area contributed by atoms with E-state index in [1.54, 1.807) is 0 Å². The van der Waals surface area contributed by atoms with E-state index in [4.69, 9.17) is 25.2 Å². The first kappa shape index (κ1) is 17.8. The van der Waals surface area contributed by atoms with E-state index in [1.165, 1.54) is 36.4 Å². The zero-order valence-electron chi connectivity index (χ0n) is 12.6. The Labute approximate surface area is 147 Å². The van der Waals surface area contributed by atoms with Crippen molar-refractivity contribution in [1.29, 1.82) is 0 Å². The van der Waals surface area contributed by atoms with Crippen molar-refractivity contribution in [2.45, 2.75) is 12.5 Å². The van der Waals surface area contributed by atoms with Gasteiger partial charge >= 0.3 is 7.82 Å². The predicted molar refractivity (Wildman–Crippen MR) is 87.1 cm³/mol. The van der Waals surface area contributed by atoms with Gasteiger partial charge in [0.1, 0.15) is 17.7 Å². The molecule has 2 aromatic carbocycles. The number of hydrogen-bond donors (Lipinski definition) is 0. The van der Waals surface area contributed by atoms with Gasteiger partial charge in [-0.2, -0.15) is 0 Å². The molecule has 0 N–H and O–H groups in total. The van der Waals surface area contributed by atoms with E-state index in [0.29, 0.717) is 0 Å². The highest BCUT2D eigenvalue weighted by molar-refractivity contribution is 7.49. The van der Waals surface area contributed by atoms with E-state index in [0.717, 1.165) is 6.07 Å². The zero-order valence-corrected chi connectivity index (χ0v) is 14.3. The third kappa shape index (κ3) is 4.16. The monoisotopic (exact) mass is 387 g/mol. The quantitative estimate of drug-likeness (QED) is 0.414. The maximum absolute atomic E-state index is 14.0. The lowest BCUT2D eigenvalue weighted by atomic mass is 10.1. The van der Waals surface area contributed by atoms with Crippen LogP contribution in [0, 0.1) is 15.9 Å². The van der Waals surface area contributed by atoms with Gasteiger partial charge in [0.25, 0.3) is 5.69 Å². The molecule has 3 rings (SSSR count). The number of halogens is 2. The SMILES string of the molecule is O=[N+]([O-])c1ccc(OP2(=O)OCCC(c3ccc(Cl)cc3F)O2)cc1. The first-order valence-corrected chi connectivity index (χ1v) is 9.02. The molecule has 2 atom stereocenters. The van der Waals surface area contributed by atoms with Gasteiger partial charge in [-0.05, 0) is 24.3 Å². The van der Waals surface area contributed by atoms with Crippen molar-refractivity contribution in [2.24, 2.45) is 0 Å². The average Bonchev–Trinajstić information content (AvgIpc) is 2.55. The Morgan fingerprint density at radius 2 is 2.00 bits per heavy atom. The summed E-state index contributed by atoms with van der Waals surface area (Å²) in [6.45, 7) is 0.0387. The zero-order chi connectivity index (χ0) is 18.0. The number of nitrogens with zero attached hydrogens (tertiary/aromatic N) is 1. The summed E-state index contributed by atoms with van der Waals surface area (Å²) in [6, 6.07) is 9.03. The van der Waals surface area contributed by atoms with E-state index in [2.05, 4.69) is 0 Å². The van der Waals surface area contributed by atoms with Crippen LogP contribution in [0.15, 0.2) is 42.5 Å². The summed E-state index contributed by atoms with van der Waals surface area (Å²) in [5, 5.41) is 10.9. The van der Waals surface area contributed by atoms with Gasteiger partial charge in [-0.1, -0.05) is 17.7 Å². The highest BCUT2D eigenvalue weighted by Crippen LogP contribution is 2.56. The molecule has 0 saturated carbocycles. The van der Waals surface area contributed by atoms with Gasteiger partial charge in [-0.15, -0.1) is 0 Å². The summed E-state index contributed by atoms with van der Waals surface area (Å²) in [5.74, 6) is -0.507. The van der Waals surface area contributed by atoms with Gasteiger partial charge in [0, 0.05) is 29.1 Å². The smallest absolute Gasteiger partial charge is 0.404 e. The molecule has 0 aliphatic carbocycles. The Hall–Kier alpha value is -1.99. The van der Waals surface area contributed by atoms with Gasteiger partial charge in [0.05, 0.1) is 11.5 Å². The molecule has 1 aliphatic rings. The lowest BCUT2D eigenvalue weighted by Crippen LogP contribution is -2.17. The first-order chi connectivity index (χ1) is 11.9. The molecular weight excluding hydrogens is 376 g/mol. The number of hydrogen-bond acceptors (Lipinski definition) is 6. The highest BCUT2D eigenvalue weighted by atomic mass is 35.5. The number of phosphoric ester groups is 1. The van der Waals surface area contributed by atoms with Crippen LogP contribution >= 0.6 is 19.4 Å². The average molecular weight is 388 g/mol. The fourth-order valence-electron chi connectivity index (χ4n) is 2.29. The van der Waals surface area contributed by atoms with Crippen LogP contribution in [0.5, 0.6) is 5.75 Å². The van der Waals surface area contributed by atoms with Crippen molar-refractivity contribution in [1.82, 2.24) is 0 Å². The lowest BCUT2D eigenvalue weighted by Gasteiger charge is -2.29. The Morgan fingerprint density at radius 1 is 1.28 bits per heavy atom. The van der Waals surface area contributed by atoms with Crippen molar-refractivity contribution in [3.05, 3.63) is 69.0 Å². The number of nitro groups is 1. The van der Waals surface area contributed by atoms with Crippen LogP contribution in [-0.2, 0) is 13.6 Å². The number of non-ortho nitro benzene ring substituents is 1. The Kier molecular flexibility index (Phi) is 5.06. The summed E-state index contributed by atoms with van der Waals surface area (Å²) < 4.78 is 42.3. The molecule has 1 fully saturated rings. The molecule has 1 aliphatic heterocycles. The van der Waals surface area contributed by atoms with Crippen LogP contribution in [0.25, 0.3) is 0 Å². The fraction of sp³-hybridized carbons (Fsp3) is 0.200. The molecule has 0 aromatic heterocycles. The molecule has 0 spiro atoms. The number of benzene rings is 2. The standard InChI is InChI=1S/C15H12ClFNO6P/c16-10-1-6-13(14(17)9-10)15-7-8-22-25(21,24-15)23-12-4-2-11(3-5-12)18(19)20/h1-6,9,15H,7-8H2. The minimum absolute atomic E-state index is 0.0387. The summed E-state index contributed by atoms with van der Waals surface area (Å²) in [5.41, 5.74) is 0.0532. The maximum Gasteiger partial charge on any atom is 0.530 e. The summed E-state index contributed by atoms with van der Waals surface area (Å²) in [6.07, 6.45) is -0.540. The van der Waals surface area contributed by atoms with Crippen molar-refractivity contribution >= 4 is 25.1 Å². The topological polar surface area (TPSA) is 87.9 Å². The Balaban J connectivity index is 1.77. The number of phosphoric acid groups is 1. The van der Waals surface area contributed by atoms with Gasteiger partial charge < -0.3 is 4.52 Å². The Bertz CT molecular complexity index is 846. The molecule has 2 unspecified atom stereocenters. The van der Waals surface area contributed by atoms with Crippen molar-refractivity contribution in [2.75, 3.05) is 6.61 Å². The number of nitro benzene ring substituents is 1. The van der Waals surface area contributed by atoms with Crippen LogP contribution < -0.4 is 4.52 Å². The molecule has 0 bridgehead atoms. The van der Waals surface area contributed by atoms with Gasteiger partial charge in [0.2, 0.25) is 0 Å². The van der Waals surface area contributed by atoms with Crippen LogP contribution in [0.3, 0.4) is 0 Å². The van der Waals surface area contributed by atoms with E-state index in [9.17, 15) is 19.1 Å². The third-order valence-electron chi connectivity index (χ3n) is 3.46. The van der Waals surface area contributed by atoms with Gasteiger partial charge in [0.15, 0.2) is 0 Å². The van der Waals surface area contributed by atoms with Gasteiger partial charge in [-0.3, -0.25) is 19.2 Å². The molecule has 0 amide bonds. The summed E-state index contributed by atoms with van der Waals surface area (Å²) in [7, 11) is -4.00. The van der Waals surface area contributed by atoms with E-state index in [-0.39, 0.29) is 35.1 Å². The molecule has 1 saturated heterocycles. The van der Waals surface area contributed by atoms with Crippen LogP contribution in [0.2, 0.25) is 5.02 Å². The molecule has 2 aromatic rings. The third-order valence-corrected chi connectivity index (χ3v) is 5.14. The normalized spacial score (nSPS) is 23.2. The Morgan fingerprint density at radius 3 is 2.64 bits per heavy atom. The van der Waals surface area contributed by atoms with E-state index in [1.807, 2.05) is 0 Å². The second kappa shape index (κ2) is 7.09. The van der Waals surface area contributed by atoms with Crippen molar-refractivity contribution < 1.29 is 27.5 Å². The minimum atomic E-state index is -4.00. The molecular formula is C15H12ClFNO6P. The highest BCUT2D eigenvalue weighted by Gasteiger charge is 2.38. The molecule has 7 nitrogen and oxygen atoms in total. The molecule has 25 heavy (non-hydrogen) atoms. The van der Waals surface area contributed by atoms with E-state index < -0.39 is 24.7 Å². The first-order valence-electron chi connectivity index (χ1n) is 7.18.